The van der Waals surface area contributed by atoms with Gasteiger partial charge in [-0.25, -0.2) is 4.79 Å². The van der Waals surface area contributed by atoms with Gasteiger partial charge in [-0.15, -0.1) is 0 Å². The molecule has 0 saturated carbocycles. The van der Waals surface area contributed by atoms with Crippen molar-refractivity contribution in [3.63, 3.8) is 0 Å². The van der Waals surface area contributed by atoms with E-state index in [1.165, 1.54) is 7.11 Å². The van der Waals surface area contributed by atoms with Crippen LogP contribution < -0.4 is 10.1 Å². The highest BCUT2D eigenvalue weighted by Crippen LogP contribution is 2.22. The number of nitrogens with zero attached hydrogens (tertiary/aromatic N) is 2. The van der Waals surface area contributed by atoms with Crippen LogP contribution >= 0.6 is 0 Å². The fraction of sp³-hybridized carbons (Fsp3) is 0.286. The number of esters is 1. The molecule has 35 heavy (non-hydrogen) atoms. The van der Waals surface area contributed by atoms with Crippen LogP contribution in [0, 0.1) is 0 Å². The molecule has 0 spiro atoms. The van der Waals surface area contributed by atoms with Gasteiger partial charge in [-0.05, 0) is 73.6 Å². The molecule has 3 aromatic rings. The van der Waals surface area contributed by atoms with Gasteiger partial charge in [0.25, 0.3) is 0 Å². The normalized spacial score (nSPS) is 14.7. The maximum absolute atomic E-state index is 12.6. The zero-order valence-corrected chi connectivity index (χ0v) is 20.0. The van der Waals surface area contributed by atoms with Crippen molar-refractivity contribution < 1.29 is 19.1 Å². The lowest BCUT2D eigenvalue weighted by Crippen LogP contribution is -2.36. The van der Waals surface area contributed by atoms with E-state index in [0.717, 1.165) is 61.9 Å². The molecule has 7 heteroatoms. The number of rotatable bonds is 8. The minimum Gasteiger partial charge on any atom is -0.465 e. The second-order valence-corrected chi connectivity index (χ2v) is 8.59. The van der Waals surface area contributed by atoms with Gasteiger partial charge in [0.2, 0.25) is 5.91 Å². The molecule has 182 valence electrons. The van der Waals surface area contributed by atoms with Crippen LogP contribution in [-0.4, -0.2) is 61.5 Å². The van der Waals surface area contributed by atoms with Crippen molar-refractivity contribution in [2.24, 2.45) is 0 Å². The first-order valence-electron chi connectivity index (χ1n) is 11.8. The van der Waals surface area contributed by atoms with Crippen LogP contribution in [0.2, 0.25) is 0 Å². The molecular weight excluding hydrogens is 442 g/mol. The van der Waals surface area contributed by atoms with Crippen LogP contribution in [0.4, 0.5) is 5.69 Å². The summed E-state index contributed by atoms with van der Waals surface area (Å²) >= 11 is 0. The number of nitrogens with one attached hydrogen (secondary N) is 1. The molecular formula is C28H31N3O4. The van der Waals surface area contributed by atoms with Crippen LogP contribution in [0.25, 0.3) is 0 Å². The number of ether oxygens (including phenoxy) is 2. The highest BCUT2D eigenvalue weighted by Gasteiger charge is 2.18. The Balaban J connectivity index is 1.23. The van der Waals surface area contributed by atoms with Gasteiger partial charge in [0, 0.05) is 25.3 Å². The van der Waals surface area contributed by atoms with Crippen molar-refractivity contribution in [2.45, 2.75) is 13.0 Å². The predicted octanol–water partition coefficient (Wildman–Crippen LogP) is 4.41. The topological polar surface area (TPSA) is 71.1 Å². The fourth-order valence-corrected chi connectivity index (χ4v) is 4.15. The van der Waals surface area contributed by atoms with Crippen LogP contribution in [-0.2, 0) is 16.1 Å². The highest BCUT2D eigenvalue weighted by atomic mass is 16.5. The lowest BCUT2D eigenvalue weighted by atomic mass is 10.1. The fourth-order valence-electron chi connectivity index (χ4n) is 4.15. The summed E-state index contributed by atoms with van der Waals surface area (Å²) in [6.45, 7) is 4.62. The highest BCUT2D eigenvalue weighted by molar-refractivity contribution is 5.92. The third-order valence-electron chi connectivity index (χ3n) is 5.92. The Labute approximate surface area is 206 Å². The average molecular weight is 474 g/mol. The van der Waals surface area contributed by atoms with E-state index in [-0.39, 0.29) is 11.9 Å². The Morgan fingerprint density at radius 3 is 2.31 bits per heavy atom. The van der Waals surface area contributed by atoms with E-state index in [1.54, 1.807) is 6.07 Å². The molecule has 1 N–H and O–H groups in total. The summed E-state index contributed by atoms with van der Waals surface area (Å²) in [7, 11) is 1.39. The van der Waals surface area contributed by atoms with E-state index in [0.29, 0.717) is 12.1 Å². The maximum Gasteiger partial charge on any atom is 0.337 e. The van der Waals surface area contributed by atoms with Gasteiger partial charge in [0.15, 0.2) is 0 Å². The van der Waals surface area contributed by atoms with Crippen LogP contribution in [0.3, 0.4) is 0 Å². The number of hydrogen-bond acceptors (Lipinski definition) is 6. The van der Waals surface area contributed by atoms with E-state index in [2.05, 4.69) is 15.1 Å². The third-order valence-corrected chi connectivity index (χ3v) is 5.92. The first-order chi connectivity index (χ1) is 17.1. The first kappa shape index (κ1) is 24.4. The number of carbonyl (C=O) groups excluding carboxylic acids is 2. The largest absolute Gasteiger partial charge is 0.465 e. The predicted molar refractivity (Wildman–Crippen MR) is 136 cm³/mol. The Morgan fingerprint density at radius 1 is 0.829 bits per heavy atom. The van der Waals surface area contributed by atoms with E-state index in [9.17, 15) is 9.59 Å². The number of amides is 1. The van der Waals surface area contributed by atoms with Crippen LogP contribution in [0.15, 0.2) is 78.9 Å². The summed E-state index contributed by atoms with van der Waals surface area (Å²) in [6, 6.07) is 24.6. The minimum absolute atomic E-state index is 0.0269. The Hall–Kier alpha value is -3.68. The van der Waals surface area contributed by atoms with Crippen molar-refractivity contribution >= 4 is 17.6 Å². The first-order valence-corrected chi connectivity index (χ1v) is 11.8. The summed E-state index contributed by atoms with van der Waals surface area (Å²) in [5.41, 5.74) is 2.40. The van der Waals surface area contributed by atoms with Crippen molar-refractivity contribution in [1.82, 2.24) is 9.80 Å². The summed E-state index contributed by atoms with van der Waals surface area (Å²) in [5.74, 6) is 1.15. The average Bonchev–Trinajstić information content (AvgIpc) is 3.10. The number of anilines is 1. The monoisotopic (exact) mass is 473 g/mol. The van der Waals surface area contributed by atoms with Gasteiger partial charge in [-0.2, -0.15) is 0 Å². The summed E-state index contributed by atoms with van der Waals surface area (Å²) in [6.07, 6.45) is 0.982. The Morgan fingerprint density at radius 2 is 1.54 bits per heavy atom. The molecule has 3 aromatic carbocycles. The molecule has 0 aliphatic carbocycles. The number of methoxy groups -OCH3 is 1. The molecule has 4 rings (SSSR count). The molecule has 1 aliphatic heterocycles. The van der Waals surface area contributed by atoms with Crippen LogP contribution in [0.1, 0.15) is 22.3 Å². The Bertz CT molecular complexity index is 1120. The van der Waals surface area contributed by atoms with Gasteiger partial charge >= 0.3 is 5.97 Å². The van der Waals surface area contributed by atoms with Gasteiger partial charge < -0.3 is 14.8 Å². The molecule has 1 aliphatic rings. The third kappa shape index (κ3) is 7.40. The van der Waals surface area contributed by atoms with E-state index >= 15 is 0 Å². The molecule has 1 saturated heterocycles. The standard InChI is InChI=1S/C28H31N3O4/c1-34-28(33)23-8-5-7-22(19-23)20-30-15-6-16-31(18-17-30)21-27(32)29-24-11-13-26(14-12-24)35-25-9-3-2-4-10-25/h2-5,7-14,19H,6,15-18,20-21H2,1H3,(H,29,32). The van der Waals surface area contributed by atoms with Crippen LogP contribution in [0.5, 0.6) is 11.5 Å². The summed E-state index contributed by atoms with van der Waals surface area (Å²) < 4.78 is 10.6. The molecule has 0 atom stereocenters. The number of carbonyl (C=O) groups is 2. The molecule has 0 radical (unpaired) electrons. The van der Waals surface area contributed by atoms with Crippen molar-refractivity contribution in [3.05, 3.63) is 90.0 Å². The number of hydrogen-bond donors (Lipinski definition) is 1. The smallest absolute Gasteiger partial charge is 0.337 e. The van der Waals surface area contributed by atoms with Gasteiger partial charge in [-0.1, -0.05) is 30.3 Å². The van der Waals surface area contributed by atoms with Crippen molar-refractivity contribution in [2.75, 3.05) is 45.2 Å². The SMILES string of the molecule is COC(=O)c1cccc(CN2CCCN(CC(=O)Nc3ccc(Oc4ccccc4)cc3)CC2)c1. The lowest BCUT2D eigenvalue weighted by Gasteiger charge is -2.21. The van der Waals surface area contributed by atoms with E-state index in [4.69, 9.17) is 9.47 Å². The molecule has 7 nitrogen and oxygen atoms in total. The quantitative estimate of drug-likeness (QED) is 0.489. The molecule has 1 heterocycles. The van der Waals surface area contributed by atoms with Crippen molar-refractivity contribution in [1.29, 1.82) is 0 Å². The zero-order chi connectivity index (χ0) is 24.5. The second kappa shape index (κ2) is 12.1. The molecule has 0 aromatic heterocycles. The Kier molecular flexibility index (Phi) is 8.48. The zero-order valence-electron chi connectivity index (χ0n) is 20.0. The molecule has 1 fully saturated rings. The lowest BCUT2D eigenvalue weighted by molar-refractivity contribution is -0.117. The summed E-state index contributed by atoms with van der Waals surface area (Å²) in [5, 5.41) is 2.98. The molecule has 1 amide bonds. The van der Waals surface area contributed by atoms with E-state index in [1.807, 2.05) is 72.8 Å². The van der Waals surface area contributed by atoms with E-state index < -0.39 is 0 Å². The van der Waals surface area contributed by atoms with Crippen molar-refractivity contribution in [3.8, 4) is 11.5 Å². The number of benzene rings is 3. The number of para-hydroxylation sites is 1. The van der Waals surface area contributed by atoms with Gasteiger partial charge in [0.05, 0.1) is 19.2 Å². The summed E-state index contributed by atoms with van der Waals surface area (Å²) in [4.78, 5) is 29.0. The molecule has 0 unspecified atom stereocenters. The maximum atomic E-state index is 12.6. The minimum atomic E-state index is -0.321. The van der Waals surface area contributed by atoms with Gasteiger partial charge in [-0.3, -0.25) is 14.6 Å². The second-order valence-electron chi connectivity index (χ2n) is 8.59. The molecule has 0 bridgehead atoms. The van der Waals surface area contributed by atoms with Gasteiger partial charge in [0.1, 0.15) is 11.5 Å².